The third-order valence-corrected chi connectivity index (χ3v) is 3.85. The SMILES string of the molecule is Cc1cccc(NC(=O)c2cnn(-c3cccc(Cl)c3)c2C(F)(F)F)c1. The minimum Gasteiger partial charge on any atom is -0.322 e. The highest BCUT2D eigenvalue weighted by atomic mass is 35.5. The van der Waals surface area contributed by atoms with E-state index in [4.69, 9.17) is 11.6 Å². The molecule has 0 bridgehead atoms. The van der Waals surface area contributed by atoms with Crippen LogP contribution >= 0.6 is 11.6 Å². The number of aryl methyl sites for hydroxylation is 1. The number of amides is 1. The van der Waals surface area contributed by atoms with E-state index < -0.39 is 23.3 Å². The number of hydrogen-bond acceptors (Lipinski definition) is 2. The summed E-state index contributed by atoms with van der Waals surface area (Å²) in [5.41, 5.74) is -0.351. The molecule has 1 N–H and O–H groups in total. The smallest absolute Gasteiger partial charge is 0.322 e. The van der Waals surface area contributed by atoms with Crippen molar-refractivity contribution < 1.29 is 18.0 Å². The molecule has 0 saturated carbocycles. The third-order valence-electron chi connectivity index (χ3n) is 3.61. The molecule has 8 heteroatoms. The molecule has 0 atom stereocenters. The average Bonchev–Trinajstić information content (AvgIpc) is 3.00. The average molecular weight is 380 g/mol. The van der Waals surface area contributed by atoms with E-state index in [9.17, 15) is 18.0 Å². The molecular weight excluding hydrogens is 367 g/mol. The van der Waals surface area contributed by atoms with Gasteiger partial charge in [0.05, 0.1) is 17.4 Å². The summed E-state index contributed by atoms with van der Waals surface area (Å²) >= 11 is 5.85. The molecule has 0 aliphatic rings. The number of anilines is 1. The minimum atomic E-state index is -4.78. The van der Waals surface area contributed by atoms with Gasteiger partial charge in [-0.15, -0.1) is 0 Å². The van der Waals surface area contributed by atoms with Gasteiger partial charge >= 0.3 is 6.18 Å². The van der Waals surface area contributed by atoms with Crippen molar-refractivity contribution in [3.05, 3.63) is 76.6 Å². The van der Waals surface area contributed by atoms with Gasteiger partial charge < -0.3 is 5.32 Å². The molecule has 0 unspecified atom stereocenters. The van der Waals surface area contributed by atoms with Gasteiger partial charge in [0.1, 0.15) is 0 Å². The Bertz CT molecular complexity index is 966. The molecule has 0 radical (unpaired) electrons. The van der Waals surface area contributed by atoms with Gasteiger partial charge in [-0.3, -0.25) is 4.79 Å². The standard InChI is InChI=1S/C18H13ClF3N3O/c1-11-4-2-6-13(8-11)24-17(26)15-10-23-25(16(15)18(20,21)22)14-7-3-5-12(19)9-14/h2-10H,1H3,(H,24,26). The molecule has 0 saturated heterocycles. The fourth-order valence-electron chi connectivity index (χ4n) is 2.51. The van der Waals surface area contributed by atoms with Crippen molar-refractivity contribution in [3.63, 3.8) is 0 Å². The molecule has 26 heavy (non-hydrogen) atoms. The van der Waals surface area contributed by atoms with Gasteiger partial charge in [0.2, 0.25) is 0 Å². The Morgan fingerprint density at radius 2 is 1.88 bits per heavy atom. The molecule has 0 aliphatic carbocycles. The zero-order valence-electron chi connectivity index (χ0n) is 13.5. The number of nitrogens with zero attached hydrogens (tertiary/aromatic N) is 2. The van der Waals surface area contributed by atoms with E-state index in [-0.39, 0.29) is 10.7 Å². The molecule has 3 aromatic rings. The number of nitrogens with one attached hydrogen (secondary N) is 1. The van der Waals surface area contributed by atoms with E-state index in [0.717, 1.165) is 11.8 Å². The molecule has 0 spiro atoms. The first kappa shape index (κ1) is 18.0. The van der Waals surface area contributed by atoms with E-state index in [2.05, 4.69) is 10.4 Å². The van der Waals surface area contributed by atoms with Gasteiger partial charge in [-0.2, -0.15) is 18.3 Å². The van der Waals surface area contributed by atoms with Gasteiger partial charge in [-0.05, 0) is 42.8 Å². The molecule has 2 aromatic carbocycles. The lowest BCUT2D eigenvalue weighted by Crippen LogP contribution is -2.20. The normalized spacial score (nSPS) is 11.4. The summed E-state index contributed by atoms with van der Waals surface area (Å²) in [5, 5.41) is 6.48. The Kier molecular flexibility index (Phi) is 4.73. The lowest BCUT2D eigenvalue weighted by Gasteiger charge is -2.13. The topological polar surface area (TPSA) is 46.9 Å². The zero-order valence-corrected chi connectivity index (χ0v) is 14.3. The van der Waals surface area contributed by atoms with Crippen LogP contribution in [0.3, 0.4) is 0 Å². The van der Waals surface area contributed by atoms with Crippen LogP contribution in [-0.2, 0) is 6.18 Å². The van der Waals surface area contributed by atoms with Crippen molar-refractivity contribution in [2.75, 3.05) is 5.32 Å². The van der Waals surface area contributed by atoms with Gasteiger partial charge in [0.25, 0.3) is 5.91 Å². The molecule has 0 aliphatic heterocycles. The summed E-state index contributed by atoms with van der Waals surface area (Å²) in [4.78, 5) is 12.4. The Balaban J connectivity index is 2.04. The monoisotopic (exact) mass is 379 g/mol. The zero-order chi connectivity index (χ0) is 18.9. The summed E-state index contributed by atoms with van der Waals surface area (Å²) in [7, 11) is 0. The van der Waals surface area contributed by atoms with Gasteiger partial charge in [-0.25, -0.2) is 4.68 Å². The van der Waals surface area contributed by atoms with Crippen molar-refractivity contribution in [1.82, 2.24) is 9.78 Å². The second-order valence-corrected chi connectivity index (χ2v) is 6.06. The second-order valence-electron chi connectivity index (χ2n) is 5.62. The fraction of sp³-hybridized carbons (Fsp3) is 0.111. The van der Waals surface area contributed by atoms with Crippen LogP contribution in [0.2, 0.25) is 5.02 Å². The van der Waals surface area contributed by atoms with E-state index in [1.807, 2.05) is 13.0 Å². The van der Waals surface area contributed by atoms with E-state index in [1.54, 1.807) is 18.2 Å². The quantitative estimate of drug-likeness (QED) is 0.687. The van der Waals surface area contributed by atoms with Gasteiger partial charge in [0, 0.05) is 10.7 Å². The van der Waals surface area contributed by atoms with Crippen molar-refractivity contribution in [2.24, 2.45) is 0 Å². The number of benzene rings is 2. The van der Waals surface area contributed by atoms with Crippen LogP contribution in [0.15, 0.2) is 54.7 Å². The van der Waals surface area contributed by atoms with Crippen molar-refractivity contribution >= 4 is 23.2 Å². The predicted octanol–water partition coefficient (Wildman–Crippen LogP) is 5.11. The molecule has 4 nitrogen and oxygen atoms in total. The number of rotatable bonds is 3. The lowest BCUT2D eigenvalue weighted by molar-refractivity contribution is -0.143. The van der Waals surface area contributed by atoms with Gasteiger partial charge in [-0.1, -0.05) is 29.8 Å². The number of carbonyl (C=O) groups excluding carboxylic acids is 1. The lowest BCUT2D eigenvalue weighted by atomic mass is 10.2. The Morgan fingerprint density at radius 1 is 1.15 bits per heavy atom. The summed E-state index contributed by atoms with van der Waals surface area (Å²) in [6.45, 7) is 1.81. The molecular formula is C18H13ClF3N3O. The van der Waals surface area contributed by atoms with Crippen molar-refractivity contribution in [3.8, 4) is 5.69 Å². The molecule has 0 fully saturated rings. The largest absolute Gasteiger partial charge is 0.434 e. The van der Waals surface area contributed by atoms with Crippen LogP contribution in [0.25, 0.3) is 5.69 Å². The van der Waals surface area contributed by atoms with Crippen LogP contribution in [0, 0.1) is 6.92 Å². The van der Waals surface area contributed by atoms with Gasteiger partial charge in [0.15, 0.2) is 5.69 Å². The summed E-state index contributed by atoms with van der Waals surface area (Å²) in [6, 6.07) is 12.6. The van der Waals surface area contributed by atoms with Crippen LogP contribution in [0.4, 0.5) is 18.9 Å². The number of halogens is 4. The molecule has 1 aromatic heterocycles. The third kappa shape index (κ3) is 3.72. The summed E-state index contributed by atoms with van der Waals surface area (Å²) in [5.74, 6) is -0.892. The molecule has 1 amide bonds. The van der Waals surface area contributed by atoms with E-state index in [0.29, 0.717) is 10.4 Å². The van der Waals surface area contributed by atoms with Crippen LogP contribution in [0.5, 0.6) is 0 Å². The molecule has 3 rings (SSSR count). The first-order valence-electron chi connectivity index (χ1n) is 7.55. The maximum Gasteiger partial charge on any atom is 0.434 e. The number of alkyl halides is 3. The Morgan fingerprint density at radius 3 is 2.54 bits per heavy atom. The summed E-state index contributed by atoms with van der Waals surface area (Å²) in [6.07, 6.45) is -3.88. The Labute approximate surface area is 152 Å². The maximum atomic E-state index is 13.6. The highest BCUT2D eigenvalue weighted by Gasteiger charge is 2.40. The van der Waals surface area contributed by atoms with E-state index >= 15 is 0 Å². The Hall–Kier alpha value is -2.80. The summed E-state index contributed by atoms with van der Waals surface area (Å²) < 4.78 is 41.5. The van der Waals surface area contributed by atoms with Crippen LogP contribution in [0.1, 0.15) is 21.6 Å². The number of carbonyl (C=O) groups is 1. The molecule has 1 heterocycles. The van der Waals surface area contributed by atoms with Crippen molar-refractivity contribution in [1.29, 1.82) is 0 Å². The second kappa shape index (κ2) is 6.84. The first-order valence-corrected chi connectivity index (χ1v) is 7.92. The minimum absolute atomic E-state index is 0.111. The van der Waals surface area contributed by atoms with Crippen molar-refractivity contribution in [2.45, 2.75) is 13.1 Å². The number of aromatic nitrogens is 2. The fourth-order valence-corrected chi connectivity index (χ4v) is 2.70. The first-order chi connectivity index (χ1) is 12.3. The van der Waals surface area contributed by atoms with Crippen LogP contribution in [-0.4, -0.2) is 15.7 Å². The number of hydrogen-bond donors (Lipinski definition) is 1. The van der Waals surface area contributed by atoms with E-state index in [1.165, 1.54) is 24.3 Å². The highest BCUT2D eigenvalue weighted by Crippen LogP contribution is 2.34. The maximum absolute atomic E-state index is 13.6. The van der Waals surface area contributed by atoms with Crippen LogP contribution < -0.4 is 5.32 Å². The molecule has 134 valence electrons. The predicted molar refractivity (Wildman–Crippen MR) is 92.7 cm³/mol. The highest BCUT2D eigenvalue weighted by molar-refractivity contribution is 6.30.